The number of carboxylic acid groups (broad SMARTS) is 1. The molecule has 0 atom stereocenters. The number of para-hydroxylation sites is 1. The smallest absolute Gasteiger partial charge is 0.335 e. The van der Waals surface area contributed by atoms with Crippen molar-refractivity contribution in [3.63, 3.8) is 0 Å². The van der Waals surface area contributed by atoms with Gasteiger partial charge in [-0.1, -0.05) is 32.0 Å². The van der Waals surface area contributed by atoms with E-state index in [4.69, 9.17) is 9.84 Å². The first kappa shape index (κ1) is 13.1. The lowest BCUT2D eigenvalue weighted by atomic mass is 10.1. The van der Waals surface area contributed by atoms with E-state index < -0.39 is 5.97 Å². The summed E-state index contributed by atoms with van der Waals surface area (Å²) >= 11 is 0. The fourth-order valence-corrected chi connectivity index (χ4v) is 1.61. The number of rotatable bonds is 4. The number of pyridine rings is 1. The van der Waals surface area contributed by atoms with Gasteiger partial charge in [-0.05, 0) is 24.1 Å². The van der Waals surface area contributed by atoms with Crippen LogP contribution in [0.2, 0.25) is 0 Å². The number of benzene rings is 1. The van der Waals surface area contributed by atoms with E-state index in [2.05, 4.69) is 4.98 Å². The van der Waals surface area contributed by atoms with Crippen molar-refractivity contribution in [2.75, 3.05) is 0 Å². The number of carbonyl (C=O) groups is 1. The molecular weight excluding hydrogens is 242 g/mol. The lowest BCUT2D eigenvalue weighted by Gasteiger charge is -2.10. The van der Waals surface area contributed by atoms with Gasteiger partial charge in [0.25, 0.3) is 0 Å². The van der Waals surface area contributed by atoms with Crippen LogP contribution in [0, 0.1) is 0 Å². The predicted octanol–water partition coefficient (Wildman–Crippen LogP) is 3.70. The Morgan fingerprint density at radius 3 is 2.47 bits per heavy atom. The summed E-state index contributed by atoms with van der Waals surface area (Å²) in [7, 11) is 0. The van der Waals surface area contributed by atoms with Gasteiger partial charge in [-0.3, -0.25) is 0 Å². The first-order valence-corrected chi connectivity index (χ1v) is 6.04. The maximum atomic E-state index is 11.1. The van der Waals surface area contributed by atoms with Crippen molar-refractivity contribution < 1.29 is 14.6 Å². The first-order chi connectivity index (χ1) is 9.06. The Morgan fingerprint density at radius 1 is 1.21 bits per heavy atom. The zero-order chi connectivity index (χ0) is 13.8. The minimum absolute atomic E-state index is 0.137. The summed E-state index contributed by atoms with van der Waals surface area (Å²) in [5.74, 6) is 0.0849. The molecule has 98 valence electrons. The molecule has 0 saturated heterocycles. The average Bonchev–Trinajstić information content (AvgIpc) is 2.39. The Kier molecular flexibility index (Phi) is 3.80. The molecule has 0 bridgehead atoms. The standard InChI is InChI=1S/C15H15NO3/c1-10(2)13-8-11(15(17)18)9-14(16-13)19-12-6-4-3-5-7-12/h3-10H,1-2H3,(H,17,18). The zero-order valence-electron chi connectivity index (χ0n) is 10.8. The van der Waals surface area contributed by atoms with Crippen LogP contribution in [0.1, 0.15) is 35.8 Å². The van der Waals surface area contributed by atoms with E-state index in [-0.39, 0.29) is 11.5 Å². The highest BCUT2D eigenvalue weighted by atomic mass is 16.5. The third-order valence-corrected chi connectivity index (χ3v) is 2.63. The maximum Gasteiger partial charge on any atom is 0.335 e. The lowest BCUT2D eigenvalue weighted by Crippen LogP contribution is -2.03. The van der Waals surface area contributed by atoms with Crippen molar-refractivity contribution in [3.05, 3.63) is 53.7 Å². The molecule has 4 nitrogen and oxygen atoms in total. The Bertz CT molecular complexity index is 579. The van der Waals surface area contributed by atoms with Crippen molar-refractivity contribution in [1.29, 1.82) is 0 Å². The van der Waals surface area contributed by atoms with Crippen LogP contribution in [0.15, 0.2) is 42.5 Å². The third kappa shape index (κ3) is 3.31. The summed E-state index contributed by atoms with van der Waals surface area (Å²) in [6.07, 6.45) is 0. The van der Waals surface area contributed by atoms with Gasteiger partial charge >= 0.3 is 5.97 Å². The van der Waals surface area contributed by atoms with Crippen molar-refractivity contribution in [1.82, 2.24) is 4.98 Å². The van der Waals surface area contributed by atoms with Gasteiger partial charge in [-0.15, -0.1) is 0 Å². The normalized spacial score (nSPS) is 10.5. The third-order valence-electron chi connectivity index (χ3n) is 2.63. The molecule has 0 amide bonds. The fourth-order valence-electron chi connectivity index (χ4n) is 1.61. The van der Waals surface area contributed by atoms with Crippen LogP contribution >= 0.6 is 0 Å². The molecule has 0 aliphatic heterocycles. The van der Waals surface area contributed by atoms with Gasteiger partial charge in [-0.2, -0.15) is 0 Å². The van der Waals surface area contributed by atoms with E-state index in [1.165, 1.54) is 6.07 Å². The second-order valence-corrected chi connectivity index (χ2v) is 4.49. The molecule has 1 aromatic heterocycles. The van der Waals surface area contributed by atoms with Crippen molar-refractivity contribution in [2.24, 2.45) is 0 Å². The van der Waals surface area contributed by atoms with E-state index in [1.807, 2.05) is 32.0 Å². The molecule has 2 aromatic rings. The van der Waals surface area contributed by atoms with E-state index in [0.29, 0.717) is 17.3 Å². The molecule has 1 N–H and O–H groups in total. The highest BCUT2D eigenvalue weighted by Gasteiger charge is 2.12. The van der Waals surface area contributed by atoms with Crippen molar-refractivity contribution >= 4 is 5.97 Å². The van der Waals surface area contributed by atoms with E-state index in [1.54, 1.807) is 18.2 Å². The van der Waals surface area contributed by atoms with Gasteiger partial charge in [-0.25, -0.2) is 9.78 Å². The van der Waals surface area contributed by atoms with Crippen molar-refractivity contribution in [3.8, 4) is 11.6 Å². The van der Waals surface area contributed by atoms with Crippen LogP contribution in [0.5, 0.6) is 11.6 Å². The number of ether oxygens (including phenoxy) is 1. The lowest BCUT2D eigenvalue weighted by molar-refractivity contribution is 0.0696. The summed E-state index contributed by atoms with van der Waals surface area (Å²) in [6.45, 7) is 3.92. The largest absolute Gasteiger partial charge is 0.478 e. The summed E-state index contributed by atoms with van der Waals surface area (Å²) in [4.78, 5) is 15.4. The topological polar surface area (TPSA) is 59.4 Å². The quantitative estimate of drug-likeness (QED) is 0.907. The molecular formula is C15H15NO3. The minimum atomic E-state index is -0.984. The van der Waals surface area contributed by atoms with Crippen molar-refractivity contribution in [2.45, 2.75) is 19.8 Å². The molecule has 1 aromatic carbocycles. The van der Waals surface area contributed by atoms with E-state index in [9.17, 15) is 4.79 Å². The average molecular weight is 257 g/mol. The first-order valence-electron chi connectivity index (χ1n) is 6.04. The second kappa shape index (κ2) is 5.52. The SMILES string of the molecule is CC(C)c1cc(C(=O)O)cc(Oc2ccccc2)n1. The van der Waals surface area contributed by atoms with E-state index >= 15 is 0 Å². The Balaban J connectivity index is 2.36. The molecule has 0 spiro atoms. The van der Waals surface area contributed by atoms with Gasteiger partial charge < -0.3 is 9.84 Å². The van der Waals surface area contributed by atoms with Crippen LogP contribution in [0.4, 0.5) is 0 Å². The molecule has 19 heavy (non-hydrogen) atoms. The minimum Gasteiger partial charge on any atom is -0.478 e. The molecule has 2 rings (SSSR count). The number of hydrogen-bond donors (Lipinski definition) is 1. The van der Waals surface area contributed by atoms with Gasteiger partial charge in [0.1, 0.15) is 5.75 Å². The van der Waals surface area contributed by atoms with Crippen LogP contribution in [0.25, 0.3) is 0 Å². The molecule has 0 fully saturated rings. The van der Waals surface area contributed by atoms with Gasteiger partial charge in [0.2, 0.25) is 5.88 Å². The van der Waals surface area contributed by atoms with E-state index in [0.717, 1.165) is 0 Å². The number of carboxylic acids is 1. The van der Waals surface area contributed by atoms with Gasteiger partial charge in [0.15, 0.2) is 0 Å². The number of nitrogens with zero attached hydrogens (tertiary/aromatic N) is 1. The number of hydrogen-bond acceptors (Lipinski definition) is 3. The monoisotopic (exact) mass is 257 g/mol. The van der Waals surface area contributed by atoms with Crippen LogP contribution < -0.4 is 4.74 Å². The van der Waals surface area contributed by atoms with Gasteiger partial charge in [0, 0.05) is 11.8 Å². The molecule has 0 saturated carbocycles. The molecule has 0 aliphatic carbocycles. The molecule has 4 heteroatoms. The Labute approximate surface area is 111 Å². The highest BCUT2D eigenvalue weighted by Crippen LogP contribution is 2.23. The highest BCUT2D eigenvalue weighted by molar-refractivity contribution is 5.88. The Hall–Kier alpha value is -2.36. The maximum absolute atomic E-state index is 11.1. The van der Waals surface area contributed by atoms with Gasteiger partial charge in [0.05, 0.1) is 5.56 Å². The summed E-state index contributed by atoms with van der Waals surface area (Å²) in [5.41, 5.74) is 0.885. The molecule has 1 heterocycles. The molecule has 0 aliphatic rings. The summed E-state index contributed by atoms with van der Waals surface area (Å²) in [6, 6.07) is 12.2. The second-order valence-electron chi connectivity index (χ2n) is 4.49. The molecule has 0 radical (unpaired) electrons. The molecule has 0 unspecified atom stereocenters. The number of aromatic nitrogens is 1. The zero-order valence-corrected chi connectivity index (χ0v) is 10.8. The van der Waals surface area contributed by atoms with Crippen LogP contribution in [-0.4, -0.2) is 16.1 Å². The Morgan fingerprint density at radius 2 is 1.89 bits per heavy atom. The predicted molar refractivity (Wildman–Crippen MR) is 71.8 cm³/mol. The van der Waals surface area contributed by atoms with Crippen LogP contribution in [-0.2, 0) is 0 Å². The van der Waals surface area contributed by atoms with Crippen LogP contribution in [0.3, 0.4) is 0 Å². The summed E-state index contributed by atoms with van der Waals surface area (Å²) in [5, 5.41) is 9.10. The fraction of sp³-hybridized carbons (Fsp3) is 0.200. The summed E-state index contributed by atoms with van der Waals surface area (Å²) < 4.78 is 5.59. The number of aromatic carboxylic acids is 1.